The molecule has 0 aliphatic heterocycles. The van der Waals surface area contributed by atoms with Gasteiger partial charge in [-0.15, -0.1) is 0 Å². The van der Waals surface area contributed by atoms with Gasteiger partial charge in [-0.25, -0.2) is 4.39 Å². The second kappa shape index (κ2) is 6.29. The number of amides is 2. The van der Waals surface area contributed by atoms with Crippen molar-refractivity contribution in [3.63, 3.8) is 0 Å². The smallest absolute Gasteiger partial charge is 0.238 e. The monoisotopic (exact) mass is 267 g/mol. The van der Waals surface area contributed by atoms with Crippen molar-refractivity contribution in [2.75, 3.05) is 11.9 Å². The summed E-state index contributed by atoms with van der Waals surface area (Å²) in [5.74, 6) is -1.07. The SMILES string of the molecule is CC(C)(CC(N)=O)NCC(=O)Nc1ccc(F)cc1. The maximum Gasteiger partial charge on any atom is 0.238 e. The van der Waals surface area contributed by atoms with Crippen LogP contribution in [0.25, 0.3) is 0 Å². The molecule has 6 heteroatoms. The summed E-state index contributed by atoms with van der Waals surface area (Å²) in [6.45, 7) is 3.60. The van der Waals surface area contributed by atoms with Crippen LogP contribution in [0.3, 0.4) is 0 Å². The Morgan fingerprint density at radius 1 is 1.26 bits per heavy atom. The van der Waals surface area contributed by atoms with E-state index in [1.54, 1.807) is 13.8 Å². The molecule has 104 valence electrons. The predicted octanol–water partition coefficient (Wildman–Crippen LogP) is 1.01. The number of halogens is 1. The molecule has 0 aliphatic rings. The fourth-order valence-electron chi connectivity index (χ4n) is 1.56. The first-order valence-electron chi connectivity index (χ1n) is 5.87. The topological polar surface area (TPSA) is 84.2 Å². The first-order chi connectivity index (χ1) is 8.78. The summed E-state index contributed by atoms with van der Waals surface area (Å²) in [4.78, 5) is 22.5. The molecular weight excluding hydrogens is 249 g/mol. The van der Waals surface area contributed by atoms with E-state index in [1.165, 1.54) is 24.3 Å². The van der Waals surface area contributed by atoms with Gasteiger partial charge in [-0.05, 0) is 38.1 Å². The number of hydrogen-bond donors (Lipinski definition) is 3. The highest BCUT2D eigenvalue weighted by molar-refractivity contribution is 5.92. The number of nitrogens with two attached hydrogens (primary N) is 1. The first-order valence-corrected chi connectivity index (χ1v) is 5.87. The van der Waals surface area contributed by atoms with Gasteiger partial charge in [0.05, 0.1) is 6.54 Å². The van der Waals surface area contributed by atoms with E-state index < -0.39 is 11.4 Å². The predicted molar refractivity (Wildman–Crippen MR) is 70.9 cm³/mol. The van der Waals surface area contributed by atoms with Crippen LogP contribution < -0.4 is 16.4 Å². The van der Waals surface area contributed by atoms with Crippen LogP contribution in [0, 0.1) is 5.82 Å². The average molecular weight is 267 g/mol. The summed E-state index contributed by atoms with van der Waals surface area (Å²) in [5, 5.41) is 5.55. The zero-order valence-corrected chi connectivity index (χ0v) is 11.0. The molecule has 1 aromatic carbocycles. The molecule has 19 heavy (non-hydrogen) atoms. The van der Waals surface area contributed by atoms with Crippen LogP contribution in [0.4, 0.5) is 10.1 Å². The van der Waals surface area contributed by atoms with Gasteiger partial charge in [0.25, 0.3) is 0 Å². The second-order valence-electron chi connectivity index (χ2n) is 4.94. The fourth-order valence-corrected chi connectivity index (χ4v) is 1.56. The first kappa shape index (κ1) is 15.1. The molecular formula is C13H18FN3O2. The number of carbonyl (C=O) groups is 2. The molecule has 0 heterocycles. The van der Waals surface area contributed by atoms with Crippen molar-refractivity contribution < 1.29 is 14.0 Å². The van der Waals surface area contributed by atoms with Crippen molar-refractivity contribution in [1.82, 2.24) is 5.32 Å². The molecule has 1 aromatic rings. The van der Waals surface area contributed by atoms with Gasteiger partial charge in [-0.3, -0.25) is 9.59 Å². The third-order valence-corrected chi connectivity index (χ3v) is 2.47. The van der Waals surface area contributed by atoms with Gasteiger partial charge in [-0.2, -0.15) is 0 Å². The fraction of sp³-hybridized carbons (Fsp3) is 0.385. The highest BCUT2D eigenvalue weighted by atomic mass is 19.1. The number of rotatable bonds is 6. The number of anilines is 1. The zero-order valence-electron chi connectivity index (χ0n) is 11.0. The van der Waals surface area contributed by atoms with E-state index in [9.17, 15) is 14.0 Å². The van der Waals surface area contributed by atoms with E-state index in [4.69, 9.17) is 5.73 Å². The number of benzene rings is 1. The lowest BCUT2D eigenvalue weighted by molar-refractivity contribution is -0.120. The standard InChI is InChI=1S/C13H18FN3O2/c1-13(2,7-11(15)18)16-8-12(19)17-10-5-3-9(14)4-6-10/h3-6,16H,7-8H2,1-2H3,(H2,15,18)(H,17,19). The van der Waals surface area contributed by atoms with E-state index >= 15 is 0 Å². The van der Waals surface area contributed by atoms with Crippen molar-refractivity contribution in [3.05, 3.63) is 30.1 Å². The number of primary amides is 1. The lowest BCUT2D eigenvalue weighted by Gasteiger charge is -2.24. The Morgan fingerprint density at radius 2 is 1.84 bits per heavy atom. The summed E-state index contributed by atoms with van der Waals surface area (Å²) >= 11 is 0. The van der Waals surface area contributed by atoms with Crippen LogP contribution in [-0.2, 0) is 9.59 Å². The van der Waals surface area contributed by atoms with Crippen molar-refractivity contribution in [2.45, 2.75) is 25.8 Å². The lowest BCUT2D eigenvalue weighted by atomic mass is 10.0. The van der Waals surface area contributed by atoms with Crippen molar-refractivity contribution in [2.24, 2.45) is 5.73 Å². The van der Waals surface area contributed by atoms with E-state index in [-0.39, 0.29) is 24.7 Å². The third-order valence-electron chi connectivity index (χ3n) is 2.47. The van der Waals surface area contributed by atoms with Gasteiger partial charge < -0.3 is 16.4 Å². The Balaban J connectivity index is 2.43. The molecule has 0 fully saturated rings. The summed E-state index contributed by atoms with van der Waals surface area (Å²) in [6.07, 6.45) is 0.136. The van der Waals surface area contributed by atoms with Crippen molar-refractivity contribution in [1.29, 1.82) is 0 Å². The minimum absolute atomic E-state index is 0.0393. The lowest BCUT2D eigenvalue weighted by Crippen LogP contribution is -2.46. The summed E-state index contributed by atoms with van der Waals surface area (Å²) in [5.41, 5.74) is 5.07. The highest BCUT2D eigenvalue weighted by Gasteiger charge is 2.20. The van der Waals surface area contributed by atoms with Gasteiger partial charge in [-0.1, -0.05) is 0 Å². The molecule has 2 amide bonds. The molecule has 0 unspecified atom stereocenters. The molecule has 0 bridgehead atoms. The van der Waals surface area contributed by atoms with Crippen LogP contribution >= 0.6 is 0 Å². The van der Waals surface area contributed by atoms with Gasteiger partial charge in [0.1, 0.15) is 5.82 Å². The average Bonchev–Trinajstić information content (AvgIpc) is 2.28. The summed E-state index contributed by atoms with van der Waals surface area (Å²) in [6, 6.07) is 5.48. The van der Waals surface area contributed by atoms with E-state index in [2.05, 4.69) is 10.6 Å². The molecule has 0 spiro atoms. The molecule has 0 aliphatic carbocycles. The van der Waals surface area contributed by atoms with Gasteiger partial charge in [0, 0.05) is 17.6 Å². The molecule has 0 saturated carbocycles. The van der Waals surface area contributed by atoms with Gasteiger partial charge >= 0.3 is 0 Å². The Kier molecular flexibility index (Phi) is 5.00. The third kappa shape index (κ3) is 5.96. The van der Waals surface area contributed by atoms with Crippen LogP contribution in [0.2, 0.25) is 0 Å². The van der Waals surface area contributed by atoms with Crippen molar-refractivity contribution in [3.8, 4) is 0 Å². The van der Waals surface area contributed by atoms with E-state index in [1.807, 2.05) is 0 Å². The highest BCUT2D eigenvalue weighted by Crippen LogP contribution is 2.09. The van der Waals surface area contributed by atoms with Gasteiger partial charge in [0.2, 0.25) is 11.8 Å². The summed E-state index contributed by atoms with van der Waals surface area (Å²) < 4.78 is 12.7. The maximum absolute atomic E-state index is 12.7. The molecule has 0 saturated heterocycles. The van der Waals surface area contributed by atoms with Crippen molar-refractivity contribution >= 4 is 17.5 Å². The van der Waals surface area contributed by atoms with E-state index in [0.717, 1.165) is 0 Å². The Hall–Kier alpha value is -1.95. The number of carbonyl (C=O) groups excluding carboxylic acids is 2. The molecule has 5 nitrogen and oxygen atoms in total. The Bertz CT molecular complexity index is 457. The van der Waals surface area contributed by atoms with Crippen LogP contribution in [0.5, 0.6) is 0 Å². The molecule has 0 atom stereocenters. The number of hydrogen-bond acceptors (Lipinski definition) is 3. The van der Waals surface area contributed by atoms with Crippen LogP contribution in [0.15, 0.2) is 24.3 Å². The largest absolute Gasteiger partial charge is 0.370 e. The Morgan fingerprint density at radius 3 is 2.37 bits per heavy atom. The Labute approximate surface area is 111 Å². The molecule has 4 N–H and O–H groups in total. The van der Waals surface area contributed by atoms with Crippen LogP contribution in [0.1, 0.15) is 20.3 Å². The minimum Gasteiger partial charge on any atom is -0.370 e. The quantitative estimate of drug-likeness (QED) is 0.719. The van der Waals surface area contributed by atoms with Crippen LogP contribution in [-0.4, -0.2) is 23.9 Å². The minimum atomic E-state index is -0.550. The molecule has 0 aromatic heterocycles. The van der Waals surface area contributed by atoms with Gasteiger partial charge in [0.15, 0.2) is 0 Å². The van der Waals surface area contributed by atoms with E-state index in [0.29, 0.717) is 5.69 Å². The summed E-state index contributed by atoms with van der Waals surface area (Å²) in [7, 11) is 0. The second-order valence-corrected chi connectivity index (χ2v) is 4.94. The normalized spacial score (nSPS) is 11.1. The molecule has 0 radical (unpaired) electrons. The zero-order chi connectivity index (χ0) is 14.5. The molecule has 1 rings (SSSR count). The number of nitrogens with one attached hydrogen (secondary N) is 2. The maximum atomic E-state index is 12.7.